The predicted molar refractivity (Wildman–Crippen MR) is 106 cm³/mol. The van der Waals surface area contributed by atoms with Crippen LogP contribution in [0.4, 0.5) is 5.82 Å². The van der Waals surface area contributed by atoms with Gasteiger partial charge in [-0.05, 0) is 50.6 Å². The lowest BCUT2D eigenvalue weighted by Crippen LogP contribution is -2.15. The summed E-state index contributed by atoms with van der Waals surface area (Å²) in [5.74, 6) is 1.29. The number of unbranched alkanes of at least 4 members (excludes halogenated alkanes) is 1. The van der Waals surface area contributed by atoms with Crippen LogP contribution in [0.1, 0.15) is 31.2 Å². The van der Waals surface area contributed by atoms with Crippen LogP contribution in [-0.2, 0) is 10.0 Å². The number of nitrogens with one attached hydrogen (secondary N) is 1. The summed E-state index contributed by atoms with van der Waals surface area (Å²) < 4.78 is 35.0. The molecule has 0 radical (unpaired) electrons. The van der Waals surface area contributed by atoms with Crippen LogP contribution >= 0.6 is 0 Å². The van der Waals surface area contributed by atoms with Gasteiger partial charge in [-0.1, -0.05) is 13.3 Å². The molecule has 0 spiro atoms. The van der Waals surface area contributed by atoms with Crippen molar-refractivity contribution in [1.29, 1.82) is 0 Å². The Balaban J connectivity index is 1.77. The topological polar surface area (TPSA) is 99.0 Å². The molecular formula is C19H23N5O3S. The van der Waals surface area contributed by atoms with E-state index in [0.29, 0.717) is 18.2 Å². The lowest BCUT2D eigenvalue weighted by atomic mass is 10.3. The van der Waals surface area contributed by atoms with Gasteiger partial charge in [-0.15, -0.1) is 0 Å². The van der Waals surface area contributed by atoms with E-state index >= 15 is 0 Å². The van der Waals surface area contributed by atoms with Crippen molar-refractivity contribution < 1.29 is 13.2 Å². The molecule has 0 aliphatic rings. The van der Waals surface area contributed by atoms with Crippen molar-refractivity contribution >= 4 is 15.8 Å². The van der Waals surface area contributed by atoms with E-state index in [0.717, 1.165) is 24.2 Å². The van der Waals surface area contributed by atoms with Crippen LogP contribution in [0.25, 0.3) is 5.82 Å². The number of ether oxygens (including phenoxy) is 1. The van der Waals surface area contributed by atoms with Gasteiger partial charge in [0.1, 0.15) is 17.9 Å². The fraction of sp³-hybridized carbons (Fsp3) is 0.316. The molecule has 0 aliphatic heterocycles. The van der Waals surface area contributed by atoms with Crippen molar-refractivity contribution in [3.63, 3.8) is 0 Å². The van der Waals surface area contributed by atoms with Crippen LogP contribution in [-0.4, -0.2) is 34.8 Å². The molecule has 3 rings (SSSR count). The molecule has 1 N–H and O–H groups in total. The number of benzene rings is 1. The Morgan fingerprint density at radius 3 is 2.50 bits per heavy atom. The van der Waals surface area contributed by atoms with E-state index in [1.807, 2.05) is 19.9 Å². The van der Waals surface area contributed by atoms with E-state index in [1.165, 1.54) is 18.5 Å². The van der Waals surface area contributed by atoms with Crippen LogP contribution in [0, 0.1) is 13.8 Å². The number of sulfonamides is 1. The van der Waals surface area contributed by atoms with Gasteiger partial charge in [-0.25, -0.2) is 23.1 Å². The first-order valence-corrected chi connectivity index (χ1v) is 10.5. The van der Waals surface area contributed by atoms with Crippen molar-refractivity contribution in [2.24, 2.45) is 0 Å². The van der Waals surface area contributed by atoms with Crippen LogP contribution in [0.3, 0.4) is 0 Å². The van der Waals surface area contributed by atoms with Gasteiger partial charge in [0.15, 0.2) is 5.82 Å². The van der Waals surface area contributed by atoms with E-state index in [9.17, 15) is 8.42 Å². The first-order chi connectivity index (χ1) is 13.4. The molecule has 2 aromatic heterocycles. The monoisotopic (exact) mass is 401 g/mol. The second-order valence-electron chi connectivity index (χ2n) is 6.38. The highest BCUT2D eigenvalue weighted by molar-refractivity contribution is 7.92. The number of hydrogen-bond donors (Lipinski definition) is 1. The maximum absolute atomic E-state index is 12.7. The average Bonchev–Trinajstić information content (AvgIpc) is 3.00. The molecule has 3 aromatic rings. The number of aromatic nitrogens is 4. The molecular weight excluding hydrogens is 378 g/mol. The van der Waals surface area contributed by atoms with Crippen LogP contribution < -0.4 is 9.46 Å². The molecule has 0 fully saturated rings. The SMILES string of the molecule is CCCCOc1ccc(S(=O)(=O)Nc2cc(-n3nc(C)cc3C)ncn2)cc1. The van der Waals surface area contributed by atoms with Gasteiger partial charge >= 0.3 is 0 Å². The lowest BCUT2D eigenvalue weighted by Gasteiger charge is -2.10. The fourth-order valence-electron chi connectivity index (χ4n) is 2.63. The average molecular weight is 401 g/mol. The highest BCUT2D eigenvalue weighted by atomic mass is 32.2. The summed E-state index contributed by atoms with van der Waals surface area (Å²) in [6, 6.07) is 9.76. The molecule has 0 atom stereocenters. The largest absolute Gasteiger partial charge is 0.494 e. The van der Waals surface area contributed by atoms with Crippen molar-refractivity contribution in [3.05, 3.63) is 54.1 Å². The van der Waals surface area contributed by atoms with Gasteiger partial charge in [0.05, 0.1) is 17.2 Å². The van der Waals surface area contributed by atoms with Crippen molar-refractivity contribution in [1.82, 2.24) is 19.7 Å². The first kappa shape index (κ1) is 19.8. The minimum absolute atomic E-state index is 0.126. The summed E-state index contributed by atoms with van der Waals surface area (Å²) in [7, 11) is -3.78. The minimum Gasteiger partial charge on any atom is -0.494 e. The normalized spacial score (nSPS) is 11.4. The Morgan fingerprint density at radius 1 is 1.11 bits per heavy atom. The number of nitrogens with zero attached hydrogens (tertiary/aromatic N) is 4. The second kappa shape index (κ2) is 8.39. The molecule has 148 valence electrons. The zero-order valence-electron chi connectivity index (χ0n) is 16.1. The highest BCUT2D eigenvalue weighted by Gasteiger charge is 2.16. The zero-order valence-corrected chi connectivity index (χ0v) is 16.9. The van der Waals surface area contributed by atoms with Crippen molar-refractivity contribution in [2.75, 3.05) is 11.3 Å². The Hall–Kier alpha value is -2.94. The van der Waals surface area contributed by atoms with E-state index in [2.05, 4.69) is 26.7 Å². The summed E-state index contributed by atoms with van der Waals surface area (Å²) in [5.41, 5.74) is 1.74. The summed E-state index contributed by atoms with van der Waals surface area (Å²) in [6.07, 6.45) is 3.29. The van der Waals surface area contributed by atoms with Gasteiger partial charge < -0.3 is 4.74 Å². The van der Waals surface area contributed by atoms with Crippen LogP contribution in [0.2, 0.25) is 0 Å². The second-order valence-corrected chi connectivity index (χ2v) is 8.06. The fourth-order valence-corrected chi connectivity index (χ4v) is 3.62. The molecule has 8 nitrogen and oxygen atoms in total. The maximum Gasteiger partial charge on any atom is 0.263 e. The van der Waals surface area contributed by atoms with Crippen molar-refractivity contribution in [3.8, 4) is 11.6 Å². The smallest absolute Gasteiger partial charge is 0.263 e. The van der Waals surface area contributed by atoms with E-state index in [-0.39, 0.29) is 10.7 Å². The number of anilines is 1. The van der Waals surface area contributed by atoms with Gasteiger partial charge in [-0.3, -0.25) is 4.72 Å². The standard InChI is InChI=1S/C19H23N5O3S/c1-4-5-10-27-16-6-8-17(9-7-16)28(25,26)23-18-12-19(21-13-20-18)24-15(3)11-14(2)22-24/h6-9,11-13H,4-5,10H2,1-3H3,(H,20,21,23). The third-order valence-electron chi connectivity index (χ3n) is 4.02. The molecule has 9 heteroatoms. The third-order valence-corrected chi connectivity index (χ3v) is 5.39. The highest BCUT2D eigenvalue weighted by Crippen LogP contribution is 2.20. The van der Waals surface area contributed by atoms with E-state index < -0.39 is 10.0 Å². The van der Waals surface area contributed by atoms with Gasteiger partial charge in [0, 0.05) is 11.8 Å². The van der Waals surface area contributed by atoms with Crippen LogP contribution in [0.15, 0.2) is 47.6 Å². The molecule has 28 heavy (non-hydrogen) atoms. The van der Waals surface area contributed by atoms with E-state index in [4.69, 9.17) is 4.74 Å². The Bertz CT molecular complexity index is 1050. The zero-order chi connectivity index (χ0) is 20.1. The Labute approximate surface area is 164 Å². The molecule has 1 aromatic carbocycles. The molecule has 0 unspecified atom stereocenters. The molecule has 0 saturated carbocycles. The first-order valence-electron chi connectivity index (χ1n) is 9.00. The quantitative estimate of drug-likeness (QED) is 0.582. The molecule has 0 amide bonds. The minimum atomic E-state index is -3.78. The lowest BCUT2D eigenvalue weighted by molar-refractivity contribution is 0.309. The molecule has 0 aliphatic carbocycles. The number of rotatable bonds is 8. The number of hydrogen-bond acceptors (Lipinski definition) is 6. The summed E-state index contributed by atoms with van der Waals surface area (Å²) >= 11 is 0. The maximum atomic E-state index is 12.7. The molecule has 2 heterocycles. The van der Waals surface area contributed by atoms with Gasteiger partial charge in [0.2, 0.25) is 0 Å². The van der Waals surface area contributed by atoms with E-state index in [1.54, 1.807) is 22.9 Å². The Kier molecular flexibility index (Phi) is 5.93. The summed E-state index contributed by atoms with van der Waals surface area (Å²) in [6.45, 7) is 6.47. The molecule has 0 saturated heterocycles. The third kappa shape index (κ3) is 4.66. The number of aryl methyl sites for hydroxylation is 2. The van der Waals surface area contributed by atoms with Gasteiger partial charge in [0.25, 0.3) is 10.0 Å². The predicted octanol–water partition coefficient (Wildman–Crippen LogP) is 3.26. The molecule has 0 bridgehead atoms. The Morgan fingerprint density at radius 2 is 1.86 bits per heavy atom. The van der Waals surface area contributed by atoms with Gasteiger partial charge in [-0.2, -0.15) is 5.10 Å². The van der Waals surface area contributed by atoms with Crippen molar-refractivity contribution in [2.45, 2.75) is 38.5 Å². The summed E-state index contributed by atoms with van der Waals surface area (Å²) in [5, 5.41) is 4.35. The summed E-state index contributed by atoms with van der Waals surface area (Å²) in [4.78, 5) is 8.31. The van der Waals surface area contributed by atoms with Crippen LogP contribution in [0.5, 0.6) is 5.75 Å².